The van der Waals surface area contributed by atoms with Crippen LogP contribution in [0.25, 0.3) is 0 Å². The number of carbonyl (C=O) groups is 4. The highest BCUT2D eigenvalue weighted by molar-refractivity contribution is 6.16. The number of carbonyl (C=O) groups excluding carboxylic acids is 4. The summed E-state index contributed by atoms with van der Waals surface area (Å²) in [5, 5.41) is 0. The van der Waals surface area contributed by atoms with E-state index in [1.807, 2.05) is 48.5 Å². The maximum atomic E-state index is 12.2. The van der Waals surface area contributed by atoms with Gasteiger partial charge in [0.2, 0.25) is 0 Å². The number of hydrogen-bond donors (Lipinski definition) is 0. The van der Waals surface area contributed by atoms with Gasteiger partial charge in [0.05, 0.1) is 11.1 Å². The first-order valence-electron chi connectivity index (χ1n) is 13.8. The molecule has 1 aliphatic carbocycles. The third-order valence-electron chi connectivity index (χ3n) is 8.25. The molecule has 0 atom stereocenters. The van der Waals surface area contributed by atoms with Gasteiger partial charge in [0, 0.05) is 5.41 Å². The van der Waals surface area contributed by atoms with Crippen molar-refractivity contribution in [3.63, 3.8) is 0 Å². The molecule has 1 saturated carbocycles. The first kappa shape index (κ1) is 25.7. The molecule has 0 radical (unpaired) electrons. The predicted molar refractivity (Wildman–Crippen MR) is 149 cm³/mol. The summed E-state index contributed by atoms with van der Waals surface area (Å²) in [6.45, 7) is 0. The molecule has 4 aromatic carbocycles. The third kappa shape index (κ3) is 4.23. The van der Waals surface area contributed by atoms with Crippen LogP contribution < -0.4 is 9.47 Å². The van der Waals surface area contributed by atoms with E-state index in [-0.39, 0.29) is 39.2 Å². The Hall–Kier alpha value is -5.24. The van der Waals surface area contributed by atoms with Crippen LogP contribution in [0.4, 0.5) is 0 Å². The van der Waals surface area contributed by atoms with Crippen LogP contribution in [-0.2, 0) is 14.9 Å². The zero-order chi connectivity index (χ0) is 28.8. The zero-order valence-corrected chi connectivity index (χ0v) is 22.4. The summed E-state index contributed by atoms with van der Waals surface area (Å²) >= 11 is 0. The molecule has 208 valence electrons. The van der Waals surface area contributed by atoms with E-state index in [4.69, 9.17) is 18.9 Å². The highest BCUT2D eigenvalue weighted by Gasteiger charge is 2.37. The van der Waals surface area contributed by atoms with E-state index in [1.165, 1.54) is 6.42 Å². The Kier molecular flexibility index (Phi) is 6.12. The number of benzene rings is 4. The monoisotopic (exact) mass is 560 g/mol. The highest BCUT2D eigenvalue weighted by Crippen LogP contribution is 2.46. The number of fused-ring (bicyclic) bond motifs is 2. The average Bonchev–Trinajstić information content (AvgIpc) is 3.48. The van der Waals surface area contributed by atoms with Gasteiger partial charge in [0.25, 0.3) is 0 Å². The van der Waals surface area contributed by atoms with Gasteiger partial charge in [0.15, 0.2) is 0 Å². The van der Waals surface area contributed by atoms with Crippen molar-refractivity contribution in [2.75, 3.05) is 0 Å². The van der Waals surface area contributed by atoms with Crippen molar-refractivity contribution in [1.29, 1.82) is 0 Å². The van der Waals surface area contributed by atoms with Gasteiger partial charge in [-0.3, -0.25) is 0 Å². The molecule has 2 aliphatic heterocycles. The molecule has 0 amide bonds. The second kappa shape index (κ2) is 9.99. The summed E-state index contributed by atoms with van der Waals surface area (Å²) < 4.78 is 21.5. The van der Waals surface area contributed by atoms with E-state index in [0.717, 1.165) is 36.8 Å². The zero-order valence-electron chi connectivity index (χ0n) is 22.4. The van der Waals surface area contributed by atoms with Gasteiger partial charge in [-0.15, -0.1) is 0 Å². The van der Waals surface area contributed by atoms with Crippen LogP contribution in [0.1, 0.15) is 84.7 Å². The topological polar surface area (TPSA) is 105 Å². The first-order valence-corrected chi connectivity index (χ1v) is 13.8. The maximum absolute atomic E-state index is 12.2. The molecule has 0 saturated heterocycles. The predicted octanol–water partition coefficient (Wildman–Crippen LogP) is 7.14. The average molecular weight is 561 g/mol. The summed E-state index contributed by atoms with van der Waals surface area (Å²) in [7, 11) is 0. The van der Waals surface area contributed by atoms with E-state index in [1.54, 1.807) is 36.4 Å². The Morgan fingerprint density at radius 3 is 1.36 bits per heavy atom. The molecule has 2 heterocycles. The van der Waals surface area contributed by atoms with Crippen molar-refractivity contribution in [3.05, 3.63) is 118 Å². The van der Waals surface area contributed by atoms with Gasteiger partial charge in [-0.05, 0) is 72.5 Å². The minimum Gasteiger partial charge on any atom is -0.456 e. The molecule has 0 N–H and O–H groups in total. The summed E-state index contributed by atoms with van der Waals surface area (Å²) in [4.78, 5) is 48.2. The quantitative estimate of drug-likeness (QED) is 0.181. The van der Waals surface area contributed by atoms with Crippen molar-refractivity contribution in [1.82, 2.24) is 0 Å². The van der Waals surface area contributed by atoms with E-state index in [0.29, 0.717) is 11.5 Å². The van der Waals surface area contributed by atoms with Crippen LogP contribution in [0.15, 0.2) is 84.9 Å². The molecule has 8 nitrogen and oxygen atoms in total. The maximum Gasteiger partial charge on any atom is 0.350 e. The van der Waals surface area contributed by atoms with Crippen molar-refractivity contribution in [2.24, 2.45) is 0 Å². The Balaban J connectivity index is 1.15. The molecular formula is C34H24O8. The SMILES string of the molecule is O=C1OC(=O)c2c(Oc3ccc(C4(c5ccc(Oc6cccc7c6C(=O)OC7=O)cc5)CCCCC4)cc3)cccc21. The first-order chi connectivity index (χ1) is 20.4. The summed E-state index contributed by atoms with van der Waals surface area (Å²) in [5.74, 6) is -1.11. The van der Waals surface area contributed by atoms with E-state index < -0.39 is 23.9 Å². The molecule has 0 unspecified atom stereocenters. The van der Waals surface area contributed by atoms with Crippen LogP contribution in [0.3, 0.4) is 0 Å². The minimum absolute atomic E-state index is 0.140. The fourth-order valence-corrected chi connectivity index (χ4v) is 6.21. The third-order valence-corrected chi connectivity index (χ3v) is 8.25. The summed E-state index contributed by atoms with van der Waals surface area (Å²) in [6, 6.07) is 25.4. The molecule has 0 bridgehead atoms. The lowest BCUT2D eigenvalue weighted by Gasteiger charge is -2.38. The Morgan fingerprint density at radius 2 is 0.929 bits per heavy atom. The second-order valence-electron chi connectivity index (χ2n) is 10.6. The van der Waals surface area contributed by atoms with Crippen LogP contribution in [0.2, 0.25) is 0 Å². The number of hydrogen-bond acceptors (Lipinski definition) is 8. The van der Waals surface area contributed by atoms with Gasteiger partial charge in [0.1, 0.15) is 34.1 Å². The molecule has 42 heavy (non-hydrogen) atoms. The van der Waals surface area contributed by atoms with Gasteiger partial charge < -0.3 is 18.9 Å². The molecule has 0 aromatic heterocycles. The molecular weight excluding hydrogens is 536 g/mol. The van der Waals surface area contributed by atoms with Crippen LogP contribution in [0, 0.1) is 0 Å². The van der Waals surface area contributed by atoms with E-state index in [2.05, 4.69) is 0 Å². The Bertz CT molecular complexity index is 1640. The van der Waals surface area contributed by atoms with Crippen molar-refractivity contribution in [2.45, 2.75) is 37.5 Å². The molecule has 1 fully saturated rings. The lowest BCUT2D eigenvalue weighted by atomic mass is 9.65. The van der Waals surface area contributed by atoms with Crippen LogP contribution >= 0.6 is 0 Å². The number of cyclic esters (lactones) is 4. The lowest BCUT2D eigenvalue weighted by Crippen LogP contribution is -2.30. The summed E-state index contributed by atoms with van der Waals surface area (Å²) in [5.41, 5.74) is 2.78. The molecule has 0 spiro atoms. The normalized spacial score (nSPS) is 16.9. The highest BCUT2D eigenvalue weighted by atomic mass is 16.6. The Morgan fingerprint density at radius 1 is 0.500 bits per heavy atom. The van der Waals surface area contributed by atoms with Crippen LogP contribution in [0.5, 0.6) is 23.0 Å². The van der Waals surface area contributed by atoms with Crippen molar-refractivity contribution >= 4 is 23.9 Å². The second-order valence-corrected chi connectivity index (χ2v) is 10.6. The minimum atomic E-state index is -0.708. The fourth-order valence-electron chi connectivity index (χ4n) is 6.21. The van der Waals surface area contributed by atoms with Gasteiger partial charge in [-0.1, -0.05) is 55.7 Å². The largest absolute Gasteiger partial charge is 0.456 e. The van der Waals surface area contributed by atoms with E-state index >= 15 is 0 Å². The summed E-state index contributed by atoms with van der Waals surface area (Å²) in [6.07, 6.45) is 5.32. The van der Waals surface area contributed by atoms with E-state index in [9.17, 15) is 19.2 Å². The van der Waals surface area contributed by atoms with Gasteiger partial charge in [-0.25, -0.2) is 19.2 Å². The fraction of sp³-hybridized carbons (Fsp3) is 0.176. The molecule has 7 rings (SSSR count). The van der Waals surface area contributed by atoms with Gasteiger partial charge in [-0.2, -0.15) is 0 Å². The lowest BCUT2D eigenvalue weighted by molar-refractivity contribution is 0.0424. The molecule has 3 aliphatic rings. The molecule has 4 aromatic rings. The van der Waals surface area contributed by atoms with Gasteiger partial charge >= 0.3 is 23.9 Å². The smallest absolute Gasteiger partial charge is 0.350 e. The standard InChI is InChI=1S/C34H24O8/c35-30-24-6-4-8-26(28(24)32(37)41-30)39-22-14-10-20(11-15-22)34(18-2-1-3-19-34)21-12-16-23(17-13-21)40-27-9-5-7-25-29(27)33(38)42-31(25)36/h4-17H,1-3,18-19H2. The number of esters is 4. The number of ether oxygens (including phenoxy) is 4. The number of rotatable bonds is 6. The van der Waals surface area contributed by atoms with Crippen molar-refractivity contribution < 1.29 is 38.1 Å². The molecule has 8 heteroatoms. The Labute approximate surface area is 240 Å². The van der Waals surface area contributed by atoms with Crippen molar-refractivity contribution in [3.8, 4) is 23.0 Å². The van der Waals surface area contributed by atoms with Crippen LogP contribution in [-0.4, -0.2) is 23.9 Å².